The summed E-state index contributed by atoms with van der Waals surface area (Å²) < 4.78 is 6.89. The maximum atomic E-state index is 10.0. The minimum atomic E-state index is -0.376. The topological polar surface area (TPSA) is 29.5 Å². The predicted octanol–water partition coefficient (Wildman–Crippen LogP) is 3.82. The molecule has 2 nitrogen and oxygen atoms in total. The smallest absolute Gasteiger partial charge is 0.126 e. The van der Waals surface area contributed by atoms with Gasteiger partial charge in [-0.2, -0.15) is 0 Å². The van der Waals surface area contributed by atoms with Gasteiger partial charge in [0.15, 0.2) is 0 Å². The molecule has 0 amide bonds. The molecule has 1 heterocycles. The van der Waals surface area contributed by atoms with E-state index in [2.05, 4.69) is 22.9 Å². The van der Waals surface area contributed by atoms with Gasteiger partial charge in [-0.1, -0.05) is 41.8 Å². The van der Waals surface area contributed by atoms with Crippen LogP contribution in [0.25, 0.3) is 0 Å². The average molecular weight is 285 g/mol. The summed E-state index contributed by atoms with van der Waals surface area (Å²) in [6, 6.07) is 5.81. The number of fused-ring (bicyclic) bond motifs is 1. The Labute approximate surface area is 105 Å². The lowest BCUT2D eigenvalue weighted by molar-refractivity contribution is 0.0607. The molecule has 0 aliphatic carbocycles. The zero-order chi connectivity index (χ0) is 11.5. The van der Waals surface area contributed by atoms with Crippen molar-refractivity contribution >= 4 is 15.9 Å². The number of rotatable bonds is 3. The van der Waals surface area contributed by atoms with E-state index in [-0.39, 0.29) is 12.2 Å². The van der Waals surface area contributed by atoms with Crippen molar-refractivity contribution in [1.82, 2.24) is 0 Å². The van der Waals surface area contributed by atoms with Gasteiger partial charge in [0.25, 0.3) is 0 Å². The summed E-state index contributed by atoms with van der Waals surface area (Å²) in [5, 5.41) is 10.0. The molecule has 1 aromatic rings. The van der Waals surface area contributed by atoms with Gasteiger partial charge in [0.1, 0.15) is 11.9 Å². The number of unbranched alkanes of at least 4 members (excludes halogenated alkanes) is 1. The van der Waals surface area contributed by atoms with Gasteiger partial charge in [0, 0.05) is 16.5 Å². The average Bonchev–Trinajstić information content (AvgIpc) is 2.25. The third-order valence-electron chi connectivity index (χ3n) is 2.99. The molecule has 1 aliphatic heterocycles. The first-order valence-electron chi connectivity index (χ1n) is 5.85. The monoisotopic (exact) mass is 284 g/mol. The Bertz CT molecular complexity index is 365. The van der Waals surface area contributed by atoms with Gasteiger partial charge in [-0.25, -0.2) is 0 Å². The lowest BCUT2D eigenvalue weighted by atomic mass is 9.96. The summed E-state index contributed by atoms with van der Waals surface area (Å²) >= 11 is 3.42. The molecule has 1 aromatic carbocycles. The van der Waals surface area contributed by atoms with Crippen LogP contribution < -0.4 is 4.74 Å². The highest BCUT2D eigenvalue weighted by atomic mass is 79.9. The van der Waals surface area contributed by atoms with Crippen molar-refractivity contribution in [2.75, 3.05) is 0 Å². The van der Waals surface area contributed by atoms with Crippen LogP contribution in [0.5, 0.6) is 5.75 Å². The summed E-state index contributed by atoms with van der Waals surface area (Å²) in [5.74, 6) is 0.828. The maximum Gasteiger partial charge on any atom is 0.126 e. The quantitative estimate of drug-likeness (QED) is 0.914. The van der Waals surface area contributed by atoms with Crippen molar-refractivity contribution in [3.8, 4) is 5.75 Å². The number of ether oxygens (including phenoxy) is 1. The molecule has 3 heteroatoms. The number of hydrogen-bond acceptors (Lipinski definition) is 2. The van der Waals surface area contributed by atoms with Gasteiger partial charge in [-0.3, -0.25) is 0 Å². The van der Waals surface area contributed by atoms with Crippen LogP contribution in [0.4, 0.5) is 0 Å². The normalized spacial score (nSPS) is 23.7. The minimum Gasteiger partial charge on any atom is -0.490 e. The van der Waals surface area contributed by atoms with Gasteiger partial charge in [0.05, 0.1) is 6.10 Å². The molecule has 1 aliphatic rings. The Morgan fingerprint density at radius 3 is 3.06 bits per heavy atom. The van der Waals surface area contributed by atoms with E-state index in [0.29, 0.717) is 6.42 Å². The zero-order valence-electron chi connectivity index (χ0n) is 9.45. The number of benzene rings is 1. The Morgan fingerprint density at radius 1 is 1.50 bits per heavy atom. The van der Waals surface area contributed by atoms with E-state index in [1.807, 2.05) is 18.2 Å². The fraction of sp³-hybridized carbons (Fsp3) is 0.538. The molecule has 2 rings (SSSR count). The number of aliphatic hydroxyl groups is 1. The Kier molecular flexibility index (Phi) is 3.87. The van der Waals surface area contributed by atoms with Crippen LogP contribution in [0, 0.1) is 0 Å². The summed E-state index contributed by atoms with van der Waals surface area (Å²) in [6.45, 7) is 2.17. The van der Waals surface area contributed by atoms with E-state index in [1.54, 1.807) is 0 Å². The van der Waals surface area contributed by atoms with Crippen molar-refractivity contribution in [2.24, 2.45) is 0 Å². The molecular weight excluding hydrogens is 268 g/mol. The second-order valence-electron chi connectivity index (χ2n) is 4.32. The molecule has 0 aromatic heterocycles. The lowest BCUT2D eigenvalue weighted by Gasteiger charge is -2.29. The standard InChI is InChI=1S/C13H17BrO2/c1-2-3-4-10-8-12(15)11-6-5-9(14)7-13(11)16-10/h5-7,10,12,15H,2-4,8H2,1H3/t10?,12-/m1/s1. The van der Waals surface area contributed by atoms with E-state index in [4.69, 9.17) is 4.74 Å². The van der Waals surface area contributed by atoms with Crippen molar-refractivity contribution in [3.63, 3.8) is 0 Å². The molecular formula is C13H17BrO2. The van der Waals surface area contributed by atoms with Gasteiger partial charge < -0.3 is 9.84 Å². The predicted molar refractivity (Wildman–Crippen MR) is 67.7 cm³/mol. The number of halogens is 1. The zero-order valence-corrected chi connectivity index (χ0v) is 11.0. The molecule has 0 saturated carbocycles. The van der Waals surface area contributed by atoms with E-state index in [1.165, 1.54) is 6.42 Å². The third kappa shape index (κ3) is 2.58. The van der Waals surface area contributed by atoms with Crippen molar-refractivity contribution in [3.05, 3.63) is 28.2 Å². The summed E-state index contributed by atoms with van der Waals surface area (Å²) in [4.78, 5) is 0. The summed E-state index contributed by atoms with van der Waals surface area (Å²) in [5.41, 5.74) is 0.913. The van der Waals surface area contributed by atoms with E-state index in [9.17, 15) is 5.11 Å². The molecule has 0 spiro atoms. The first-order valence-corrected chi connectivity index (χ1v) is 6.64. The first-order chi connectivity index (χ1) is 7.70. The van der Waals surface area contributed by atoms with E-state index < -0.39 is 0 Å². The van der Waals surface area contributed by atoms with Gasteiger partial charge >= 0.3 is 0 Å². The first kappa shape index (κ1) is 11.9. The fourth-order valence-corrected chi connectivity index (χ4v) is 2.44. The van der Waals surface area contributed by atoms with Gasteiger partial charge in [-0.05, 0) is 18.6 Å². The van der Waals surface area contributed by atoms with Crippen LogP contribution in [-0.2, 0) is 0 Å². The third-order valence-corrected chi connectivity index (χ3v) is 3.49. The second-order valence-corrected chi connectivity index (χ2v) is 5.23. The van der Waals surface area contributed by atoms with Crippen molar-refractivity contribution < 1.29 is 9.84 Å². The number of hydrogen-bond donors (Lipinski definition) is 1. The lowest BCUT2D eigenvalue weighted by Crippen LogP contribution is -2.25. The second kappa shape index (κ2) is 5.19. The molecule has 0 fully saturated rings. The Balaban J connectivity index is 2.14. The van der Waals surface area contributed by atoms with Crippen molar-refractivity contribution in [2.45, 2.75) is 44.8 Å². The van der Waals surface area contributed by atoms with Crippen LogP contribution in [0.1, 0.15) is 44.3 Å². The van der Waals surface area contributed by atoms with Crippen LogP contribution in [-0.4, -0.2) is 11.2 Å². The van der Waals surface area contributed by atoms with E-state index >= 15 is 0 Å². The van der Waals surface area contributed by atoms with Gasteiger partial charge in [0.2, 0.25) is 0 Å². The highest BCUT2D eigenvalue weighted by molar-refractivity contribution is 9.10. The molecule has 0 radical (unpaired) electrons. The van der Waals surface area contributed by atoms with Gasteiger partial charge in [-0.15, -0.1) is 0 Å². The Hall–Kier alpha value is -0.540. The molecule has 0 bridgehead atoms. The number of aliphatic hydroxyl groups excluding tert-OH is 1. The van der Waals surface area contributed by atoms with Crippen LogP contribution in [0.2, 0.25) is 0 Å². The maximum absolute atomic E-state index is 10.0. The van der Waals surface area contributed by atoms with E-state index in [0.717, 1.165) is 28.6 Å². The molecule has 88 valence electrons. The highest BCUT2D eigenvalue weighted by Crippen LogP contribution is 2.37. The molecule has 1 unspecified atom stereocenters. The van der Waals surface area contributed by atoms with Crippen molar-refractivity contribution in [1.29, 1.82) is 0 Å². The molecule has 1 N–H and O–H groups in total. The molecule has 0 saturated heterocycles. The SMILES string of the molecule is CCCCC1C[C@@H](O)c2ccc(Br)cc2O1. The van der Waals surface area contributed by atoms with Crippen LogP contribution in [0.3, 0.4) is 0 Å². The Morgan fingerprint density at radius 2 is 2.31 bits per heavy atom. The summed E-state index contributed by atoms with van der Waals surface area (Å²) in [7, 11) is 0. The van der Waals surface area contributed by atoms with Crippen LogP contribution >= 0.6 is 15.9 Å². The minimum absolute atomic E-state index is 0.164. The van der Waals surface area contributed by atoms with Crippen LogP contribution in [0.15, 0.2) is 22.7 Å². The summed E-state index contributed by atoms with van der Waals surface area (Å²) in [6.07, 6.45) is 3.85. The largest absolute Gasteiger partial charge is 0.490 e. The molecule has 16 heavy (non-hydrogen) atoms. The highest BCUT2D eigenvalue weighted by Gasteiger charge is 2.26. The fourth-order valence-electron chi connectivity index (χ4n) is 2.10. The molecule has 2 atom stereocenters.